The van der Waals surface area contributed by atoms with Gasteiger partial charge in [-0.2, -0.15) is 0 Å². The molecule has 8 heteroatoms. The van der Waals surface area contributed by atoms with Gasteiger partial charge >= 0.3 is 0 Å². The van der Waals surface area contributed by atoms with E-state index < -0.39 is 0 Å². The van der Waals surface area contributed by atoms with Crippen LogP contribution < -0.4 is 9.80 Å². The first-order chi connectivity index (χ1) is 11.6. The predicted molar refractivity (Wildman–Crippen MR) is 125 cm³/mol. The molecule has 0 saturated heterocycles. The minimum Gasteiger partial charge on any atom is -0.330 e. The summed E-state index contributed by atoms with van der Waals surface area (Å²) in [6.45, 7) is 0. The molecule has 0 radical (unpaired) electrons. The summed E-state index contributed by atoms with van der Waals surface area (Å²) < 4.78 is 1.64. The van der Waals surface area contributed by atoms with Crippen LogP contribution in [0.25, 0.3) is 0 Å². The van der Waals surface area contributed by atoms with E-state index in [2.05, 4.69) is 0 Å². The molecule has 0 aliphatic carbocycles. The molecule has 0 heterocycles. The lowest BCUT2D eigenvalue weighted by molar-refractivity contribution is 1.31. The third kappa shape index (κ3) is 6.16. The SMILES string of the molecule is CN(C(=S)SSSSC(=S)N(C)c1ccccc1)c1ccccc1. The average Bonchev–Trinajstić information content (AvgIpc) is 2.65. The van der Waals surface area contributed by atoms with Gasteiger partial charge in [-0.1, -0.05) is 60.8 Å². The van der Waals surface area contributed by atoms with E-state index in [9.17, 15) is 0 Å². The first-order valence-corrected chi connectivity index (χ1v) is 12.6. The van der Waals surface area contributed by atoms with Gasteiger partial charge in [0.15, 0.2) is 8.64 Å². The van der Waals surface area contributed by atoms with Gasteiger partial charge in [-0.3, -0.25) is 0 Å². The predicted octanol–water partition coefficient (Wildman–Crippen LogP) is 6.51. The van der Waals surface area contributed by atoms with Crippen LogP contribution >= 0.6 is 65.7 Å². The molecule has 24 heavy (non-hydrogen) atoms. The first kappa shape index (κ1) is 19.9. The van der Waals surface area contributed by atoms with E-state index in [1.807, 2.05) is 84.6 Å². The molecule has 2 aromatic rings. The summed E-state index contributed by atoms with van der Waals surface area (Å²) in [4.78, 5) is 4.01. The Labute approximate surface area is 169 Å². The van der Waals surface area contributed by atoms with Crippen LogP contribution in [0.4, 0.5) is 11.4 Å². The van der Waals surface area contributed by atoms with Crippen molar-refractivity contribution in [2.45, 2.75) is 0 Å². The summed E-state index contributed by atoms with van der Waals surface area (Å²) in [5, 5.41) is 0. The Bertz CT molecular complexity index is 605. The van der Waals surface area contributed by atoms with Crippen LogP contribution in [-0.2, 0) is 0 Å². The lowest BCUT2D eigenvalue weighted by Crippen LogP contribution is -2.20. The number of hydrogen-bond donors (Lipinski definition) is 0. The summed E-state index contributed by atoms with van der Waals surface area (Å²) in [6.07, 6.45) is 0. The maximum atomic E-state index is 5.47. The summed E-state index contributed by atoms with van der Waals surface area (Å²) in [6, 6.07) is 20.2. The first-order valence-electron chi connectivity index (χ1n) is 6.93. The molecule has 2 rings (SSSR count). The summed E-state index contributed by atoms with van der Waals surface area (Å²) >= 11 is 10.9. The fourth-order valence-electron chi connectivity index (χ4n) is 1.71. The zero-order chi connectivity index (χ0) is 17.4. The number of hydrogen-bond acceptors (Lipinski definition) is 6. The maximum Gasteiger partial charge on any atom is 0.152 e. The van der Waals surface area contributed by atoms with Gasteiger partial charge in [0.2, 0.25) is 0 Å². The molecule has 0 bridgehead atoms. The Morgan fingerprint density at radius 2 is 1.00 bits per heavy atom. The van der Waals surface area contributed by atoms with Gasteiger partial charge in [-0.25, -0.2) is 0 Å². The monoisotopic (exact) mass is 428 g/mol. The van der Waals surface area contributed by atoms with Crippen molar-refractivity contribution in [1.82, 2.24) is 0 Å². The van der Waals surface area contributed by atoms with Gasteiger partial charge in [0.05, 0.1) is 0 Å². The fourth-order valence-corrected chi connectivity index (χ4v) is 8.26. The minimum absolute atomic E-state index is 0.821. The molecule has 0 aliphatic heterocycles. The van der Waals surface area contributed by atoms with Gasteiger partial charge in [0, 0.05) is 25.5 Å². The second kappa shape index (κ2) is 10.6. The number of anilines is 2. The van der Waals surface area contributed by atoms with Crippen molar-refractivity contribution in [2.24, 2.45) is 0 Å². The molecule has 0 spiro atoms. The van der Waals surface area contributed by atoms with E-state index in [-0.39, 0.29) is 0 Å². The zero-order valence-corrected chi connectivity index (χ0v) is 18.0. The van der Waals surface area contributed by atoms with Gasteiger partial charge in [-0.05, 0) is 65.5 Å². The number of thiocarbonyl (C=S) groups is 2. The lowest BCUT2D eigenvalue weighted by atomic mass is 10.3. The van der Waals surface area contributed by atoms with E-state index >= 15 is 0 Å². The van der Waals surface area contributed by atoms with Crippen LogP contribution in [0.1, 0.15) is 0 Å². The van der Waals surface area contributed by atoms with E-state index in [1.54, 1.807) is 41.2 Å². The van der Waals surface area contributed by atoms with E-state index in [4.69, 9.17) is 24.4 Å². The fraction of sp³-hybridized carbons (Fsp3) is 0.125. The summed E-state index contributed by atoms with van der Waals surface area (Å²) in [5.74, 6) is 0. The largest absolute Gasteiger partial charge is 0.330 e. The van der Waals surface area contributed by atoms with Crippen LogP contribution in [0.2, 0.25) is 0 Å². The van der Waals surface area contributed by atoms with Gasteiger partial charge < -0.3 is 9.80 Å². The van der Waals surface area contributed by atoms with Gasteiger partial charge in [0.1, 0.15) is 0 Å². The number of rotatable bonds is 5. The highest BCUT2D eigenvalue weighted by atomic mass is 33.7. The average molecular weight is 429 g/mol. The zero-order valence-electron chi connectivity index (χ0n) is 13.1. The standard InChI is InChI=1S/C16H16N2S6/c1-17(13-9-5-3-6-10-13)15(19)21-23-24-22-16(20)18(2)14-11-7-4-8-12-14/h3-12H,1-2H3. The molecule has 0 saturated carbocycles. The lowest BCUT2D eigenvalue weighted by Gasteiger charge is -2.20. The molecule has 0 atom stereocenters. The Kier molecular flexibility index (Phi) is 8.79. The van der Waals surface area contributed by atoms with Crippen molar-refractivity contribution in [3.63, 3.8) is 0 Å². The Balaban J connectivity index is 1.72. The Morgan fingerprint density at radius 3 is 1.33 bits per heavy atom. The molecule has 2 nitrogen and oxygen atoms in total. The van der Waals surface area contributed by atoms with Crippen LogP contribution in [0.3, 0.4) is 0 Å². The van der Waals surface area contributed by atoms with Crippen molar-refractivity contribution in [1.29, 1.82) is 0 Å². The Morgan fingerprint density at radius 1 is 0.667 bits per heavy atom. The number of nitrogens with zero attached hydrogens (tertiary/aromatic N) is 2. The topological polar surface area (TPSA) is 6.48 Å². The van der Waals surface area contributed by atoms with E-state index in [1.165, 1.54) is 0 Å². The van der Waals surface area contributed by atoms with Crippen LogP contribution in [0.15, 0.2) is 60.7 Å². The number of para-hydroxylation sites is 2. The van der Waals surface area contributed by atoms with Crippen LogP contribution in [0, 0.1) is 0 Å². The molecule has 0 N–H and O–H groups in total. The van der Waals surface area contributed by atoms with Crippen molar-refractivity contribution in [3.05, 3.63) is 60.7 Å². The molecule has 0 aliphatic rings. The minimum atomic E-state index is 0.821. The molecular formula is C16H16N2S6. The third-order valence-corrected chi connectivity index (χ3v) is 10.5. The van der Waals surface area contributed by atoms with Crippen LogP contribution in [0.5, 0.6) is 0 Å². The van der Waals surface area contributed by atoms with Gasteiger partial charge in [-0.15, -0.1) is 0 Å². The summed E-state index contributed by atoms with van der Waals surface area (Å²) in [7, 11) is 10.3. The van der Waals surface area contributed by atoms with Crippen molar-refractivity contribution in [3.8, 4) is 0 Å². The highest BCUT2D eigenvalue weighted by Crippen LogP contribution is 2.45. The molecule has 0 amide bonds. The van der Waals surface area contributed by atoms with Crippen molar-refractivity contribution in [2.75, 3.05) is 23.9 Å². The smallest absolute Gasteiger partial charge is 0.152 e. The van der Waals surface area contributed by atoms with Crippen molar-refractivity contribution < 1.29 is 0 Å². The van der Waals surface area contributed by atoms with Crippen molar-refractivity contribution >= 4 is 85.7 Å². The van der Waals surface area contributed by atoms with Gasteiger partial charge in [0.25, 0.3) is 0 Å². The van der Waals surface area contributed by atoms with E-state index in [0.29, 0.717) is 0 Å². The Hall–Kier alpha value is -0.380. The molecule has 0 aromatic heterocycles. The quantitative estimate of drug-likeness (QED) is 0.298. The second-order valence-corrected chi connectivity index (χ2v) is 11.6. The highest BCUT2D eigenvalue weighted by molar-refractivity contribution is 9.29. The third-order valence-electron chi connectivity index (χ3n) is 3.07. The second-order valence-electron chi connectivity index (χ2n) is 4.62. The molecular weight excluding hydrogens is 413 g/mol. The van der Waals surface area contributed by atoms with E-state index in [0.717, 1.165) is 20.0 Å². The normalized spacial score (nSPS) is 10.2. The maximum absolute atomic E-state index is 5.47. The number of benzene rings is 2. The molecule has 0 fully saturated rings. The molecule has 126 valence electrons. The molecule has 0 unspecified atom stereocenters. The highest BCUT2D eigenvalue weighted by Gasteiger charge is 2.11. The summed E-state index contributed by atoms with van der Waals surface area (Å²) in [5.41, 5.74) is 2.18. The van der Waals surface area contributed by atoms with Crippen LogP contribution in [-0.4, -0.2) is 22.7 Å². The molecule has 2 aromatic carbocycles.